The Morgan fingerprint density at radius 3 is 1.29 bits per heavy atom. The van der Waals surface area contributed by atoms with E-state index < -0.39 is 0 Å². The first-order valence-electron chi connectivity index (χ1n) is 26.6. The van der Waals surface area contributed by atoms with Gasteiger partial charge < -0.3 is 14.7 Å². The standard InChI is InChI=1S/C66H74BN3/c1-63(2,3)44-26-32-49(33-27-44)69-57-36-30-46(65(7,8)9)39-55(57)67-56-40-47(66(10,11)12)31-37-58(56)70(50-34-28-45(29-35-50)64(4,5)6)61-42-51(41-60(69)62(61)67)68(48-21-14-13-15-22-48)59-38-43-20-16-17-23-52(43)53-24-18-19-25-54(53)59/h13-15,21-22,26-42H,16-20,23-25H2,1-12H3. The lowest BCUT2D eigenvalue weighted by molar-refractivity contribution is 0.590. The van der Waals surface area contributed by atoms with Gasteiger partial charge in [0.05, 0.1) is 5.69 Å². The minimum Gasteiger partial charge on any atom is -0.311 e. The van der Waals surface area contributed by atoms with E-state index in [4.69, 9.17) is 0 Å². The van der Waals surface area contributed by atoms with Crippen molar-refractivity contribution >= 4 is 74.3 Å². The number of aryl methyl sites for hydroxylation is 1. The summed E-state index contributed by atoms with van der Waals surface area (Å²) in [4.78, 5) is 7.90. The highest BCUT2D eigenvalue weighted by molar-refractivity contribution is 7.00. The Balaban J connectivity index is 1.27. The van der Waals surface area contributed by atoms with Gasteiger partial charge >= 0.3 is 0 Å². The van der Waals surface area contributed by atoms with Crippen molar-refractivity contribution in [3.63, 3.8) is 0 Å². The molecule has 4 heteroatoms. The maximum absolute atomic E-state index is 2.66. The van der Waals surface area contributed by atoms with Gasteiger partial charge in [0.2, 0.25) is 0 Å². The van der Waals surface area contributed by atoms with Gasteiger partial charge in [0.15, 0.2) is 0 Å². The Hall–Kier alpha value is -6.00. The molecule has 7 aromatic carbocycles. The summed E-state index contributed by atoms with van der Waals surface area (Å²) in [5, 5.41) is 0. The summed E-state index contributed by atoms with van der Waals surface area (Å²) in [6.07, 6.45) is 9.74. The van der Waals surface area contributed by atoms with Crippen LogP contribution >= 0.6 is 0 Å². The minimum atomic E-state index is -0.0308. The largest absolute Gasteiger partial charge is 0.311 e. The molecule has 0 saturated carbocycles. The van der Waals surface area contributed by atoms with Crippen molar-refractivity contribution in [2.24, 2.45) is 0 Å². The fourth-order valence-electron chi connectivity index (χ4n) is 12.2. The van der Waals surface area contributed by atoms with Crippen LogP contribution in [0.2, 0.25) is 0 Å². The van der Waals surface area contributed by atoms with E-state index >= 15 is 0 Å². The van der Waals surface area contributed by atoms with Gasteiger partial charge in [-0.25, -0.2) is 0 Å². The van der Waals surface area contributed by atoms with Gasteiger partial charge in [0, 0.05) is 45.5 Å². The zero-order valence-electron chi connectivity index (χ0n) is 44.3. The third-order valence-electron chi connectivity index (χ3n) is 16.2. The number of anilines is 9. The van der Waals surface area contributed by atoms with Gasteiger partial charge in [-0.05, 0) is 201 Å². The monoisotopic (exact) mass is 920 g/mol. The Bertz CT molecular complexity index is 2980. The molecule has 0 saturated heterocycles. The predicted molar refractivity (Wildman–Crippen MR) is 303 cm³/mol. The average Bonchev–Trinajstić information content (AvgIpc) is 3.33. The highest BCUT2D eigenvalue weighted by Gasteiger charge is 2.45. The van der Waals surface area contributed by atoms with Crippen molar-refractivity contribution in [1.29, 1.82) is 0 Å². The van der Waals surface area contributed by atoms with Gasteiger partial charge in [-0.2, -0.15) is 0 Å². The van der Waals surface area contributed by atoms with Gasteiger partial charge in [-0.3, -0.25) is 0 Å². The van der Waals surface area contributed by atoms with Crippen molar-refractivity contribution in [3.05, 3.63) is 178 Å². The van der Waals surface area contributed by atoms with Crippen LogP contribution in [0.5, 0.6) is 0 Å². The molecule has 0 spiro atoms. The first-order valence-corrected chi connectivity index (χ1v) is 26.6. The first-order chi connectivity index (χ1) is 33.3. The van der Waals surface area contributed by atoms with Crippen molar-refractivity contribution in [2.75, 3.05) is 14.7 Å². The van der Waals surface area contributed by atoms with Crippen molar-refractivity contribution in [1.82, 2.24) is 0 Å². The molecular formula is C66H74BN3. The lowest BCUT2D eigenvalue weighted by atomic mass is 9.33. The van der Waals surface area contributed by atoms with Gasteiger partial charge in [0.25, 0.3) is 6.71 Å². The molecule has 0 unspecified atom stereocenters. The molecule has 0 bridgehead atoms. The van der Waals surface area contributed by atoms with E-state index in [-0.39, 0.29) is 28.4 Å². The average molecular weight is 920 g/mol. The van der Waals surface area contributed by atoms with E-state index in [1.54, 1.807) is 22.3 Å². The molecule has 70 heavy (non-hydrogen) atoms. The Morgan fingerprint density at radius 1 is 0.386 bits per heavy atom. The molecule has 0 atom stereocenters. The van der Waals surface area contributed by atoms with Crippen LogP contribution in [-0.2, 0) is 47.3 Å². The molecule has 2 heterocycles. The number of para-hydroxylation sites is 1. The van der Waals surface area contributed by atoms with Crippen LogP contribution in [0.25, 0.3) is 0 Å². The van der Waals surface area contributed by atoms with Crippen molar-refractivity contribution < 1.29 is 0 Å². The number of nitrogens with zero attached hydrogens (tertiary/aromatic N) is 3. The maximum atomic E-state index is 2.66. The molecule has 0 aromatic heterocycles. The highest BCUT2D eigenvalue weighted by atomic mass is 15.2. The first kappa shape index (κ1) is 46.4. The summed E-state index contributed by atoms with van der Waals surface area (Å²) in [5.74, 6) is 0. The third kappa shape index (κ3) is 7.98. The second kappa shape index (κ2) is 16.8. The fraction of sp³-hybridized carbons (Fsp3) is 0.364. The molecule has 2 aliphatic carbocycles. The number of hydrogen-bond acceptors (Lipinski definition) is 3. The molecule has 7 aromatic rings. The molecule has 356 valence electrons. The lowest BCUT2D eigenvalue weighted by Crippen LogP contribution is -2.61. The second-order valence-corrected chi connectivity index (χ2v) is 25.2. The van der Waals surface area contributed by atoms with Crippen LogP contribution in [0.15, 0.2) is 133 Å². The van der Waals surface area contributed by atoms with Crippen molar-refractivity contribution in [3.8, 4) is 0 Å². The van der Waals surface area contributed by atoms with Crippen LogP contribution < -0.4 is 31.1 Å². The SMILES string of the molecule is CC(C)(C)c1ccc(N2c3ccc(C(C)(C)C)cc3B3c4cc(C(C)(C)C)ccc4N(c4ccc(C(C)(C)C)cc4)c4cc(N(c5ccccc5)c5cc6c(c7c5CCCC7)CCCC6)cc2c43)cc1. The lowest BCUT2D eigenvalue weighted by Gasteiger charge is -2.46. The Kier molecular flexibility index (Phi) is 11.1. The number of hydrogen-bond donors (Lipinski definition) is 0. The quantitative estimate of drug-likeness (QED) is 0.159. The summed E-state index contributed by atoms with van der Waals surface area (Å²) < 4.78 is 0. The van der Waals surface area contributed by atoms with E-state index in [9.17, 15) is 0 Å². The summed E-state index contributed by atoms with van der Waals surface area (Å²) in [6, 6.07) is 52.9. The van der Waals surface area contributed by atoms with Crippen LogP contribution in [0.4, 0.5) is 51.2 Å². The molecule has 4 aliphatic rings. The smallest absolute Gasteiger partial charge is 0.252 e. The normalized spacial score (nSPS) is 15.5. The summed E-state index contributed by atoms with van der Waals surface area (Å²) in [7, 11) is 0. The van der Waals surface area contributed by atoms with E-state index in [0.29, 0.717) is 0 Å². The molecule has 3 nitrogen and oxygen atoms in total. The van der Waals surface area contributed by atoms with E-state index in [0.717, 1.165) is 12.8 Å². The second-order valence-electron chi connectivity index (χ2n) is 25.2. The zero-order chi connectivity index (χ0) is 49.1. The maximum Gasteiger partial charge on any atom is 0.252 e. The minimum absolute atomic E-state index is 0.00512. The predicted octanol–water partition coefficient (Wildman–Crippen LogP) is 16.2. The van der Waals surface area contributed by atoms with Gasteiger partial charge in [-0.15, -0.1) is 0 Å². The zero-order valence-corrected chi connectivity index (χ0v) is 44.3. The molecule has 0 amide bonds. The van der Waals surface area contributed by atoms with Gasteiger partial charge in [0.1, 0.15) is 0 Å². The van der Waals surface area contributed by atoms with Crippen LogP contribution in [0.3, 0.4) is 0 Å². The summed E-state index contributed by atoms with van der Waals surface area (Å²) >= 11 is 0. The number of benzene rings is 7. The van der Waals surface area contributed by atoms with Crippen LogP contribution in [0.1, 0.15) is 153 Å². The van der Waals surface area contributed by atoms with Gasteiger partial charge in [-0.1, -0.05) is 150 Å². The molecule has 11 rings (SSSR count). The van der Waals surface area contributed by atoms with E-state index in [1.807, 2.05) is 0 Å². The topological polar surface area (TPSA) is 9.72 Å². The molecule has 0 radical (unpaired) electrons. The molecule has 0 fully saturated rings. The van der Waals surface area contributed by atoms with E-state index in [2.05, 4.69) is 231 Å². The number of fused-ring (bicyclic) bond motifs is 7. The van der Waals surface area contributed by atoms with E-state index in [1.165, 1.54) is 128 Å². The van der Waals surface area contributed by atoms with Crippen LogP contribution in [-0.4, -0.2) is 6.71 Å². The molecular weight excluding hydrogens is 846 g/mol. The Labute approximate surface area is 421 Å². The van der Waals surface area contributed by atoms with Crippen LogP contribution in [0, 0.1) is 0 Å². The molecule has 2 aliphatic heterocycles. The number of rotatable bonds is 5. The summed E-state index contributed by atoms with van der Waals surface area (Å²) in [6.45, 7) is 28.1. The summed E-state index contributed by atoms with van der Waals surface area (Å²) in [5.41, 5.74) is 27.1. The fourth-order valence-corrected chi connectivity index (χ4v) is 12.2. The highest BCUT2D eigenvalue weighted by Crippen LogP contribution is 2.51. The van der Waals surface area contributed by atoms with Crippen molar-refractivity contribution in [2.45, 2.75) is 156 Å². The Morgan fingerprint density at radius 2 is 0.814 bits per heavy atom. The molecule has 0 N–H and O–H groups in total. The third-order valence-corrected chi connectivity index (χ3v) is 16.2.